The Bertz CT molecular complexity index is 560. The highest BCUT2D eigenvalue weighted by Crippen LogP contribution is 2.22. The fraction of sp³-hybridized carbons (Fsp3) is 0.167. The van der Waals surface area contributed by atoms with Gasteiger partial charge in [-0.2, -0.15) is 15.0 Å². The first-order chi connectivity index (χ1) is 7.56. The smallest absolute Gasteiger partial charge is 0.273 e. The van der Waals surface area contributed by atoms with Crippen molar-refractivity contribution in [3.63, 3.8) is 0 Å². The Morgan fingerprint density at radius 1 is 1.25 bits per heavy atom. The number of H-pyrrole nitrogens is 1. The van der Waals surface area contributed by atoms with Crippen molar-refractivity contribution in [2.24, 2.45) is 7.05 Å². The molecular formula is C6H4Cl2N6OS. The zero-order valence-corrected chi connectivity index (χ0v) is 10.1. The third kappa shape index (κ3) is 2.34. The number of hydrogen-bond acceptors (Lipinski definition) is 6. The standard InChI is InChI=1S/C6H4Cl2N6OS/c1-14-5(15)12-13-6(14)16-4-10-2(7)9-3(8)11-4/h1H3,(H,12,15). The second-order valence-electron chi connectivity index (χ2n) is 2.63. The van der Waals surface area contributed by atoms with Crippen LogP contribution >= 0.6 is 35.0 Å². The minimum absolute atomic E-state index is 0.0111. The normalized spacial score (nSPS) is 10.7. The Morgan fingerprint density at radius 3 is 2.38 bits per heavy atom. The molecule has 0 fully saturated rings. The Morgan fingerprint density at radius 2 is 1.88 bits per heavy atom. The predicted octanol–water partition coefficient (Wildman–Crippen LogP) is 0.751. The average molecular weight is 279 g/mol. The Hall–Kier alpha value is -1.12. The minimum atomic E-state index is -0.325. The molecule has 16 heavy (non-hydrogen) atoms. The highest BCUT2D eigenvalue weighted by atomic mass is 35.5. The molecule has 0 amide bonds. The van der Waals surface area contributed by atoms with Gasteiger partial charge in [-0.1, -0.05) is 0 Å². The molecular weight excluding hydrogens is 275 g/mol. The third-order valence-electron chi connectivity index (χ3n) is 1.58. The van der Waals surface area contributed by atoms with Crippen LogP contribution in [0.4, 0.5) is 0 Å². The summed E-state index contributed by atoms with van der Waals surface area (Å²) in [6.07, 6.45) is 0. The summed E-state index contributed by atoms with van der Waals surface area (Å²) in [5.74, 6) is 0. The van der Waals surface area contributed by atoms with Crippen LogP contribution in [0.5, 0.6) is 0 Å². The van der Waals surface area contributed by atoms with Crippen molar-refractivity contribution in [3.05, 3.63) is 21.1 Å². The first kappa shape index (κ1) is 11.4. The number of aromatic nitrogens is 6. The lowest BCUT2D eigenvalue weighted by molar-refractivity contribution is 0.761. The molecule has 7 nitrogen and oxygen atoms in total. The van der Waals surface area contributed by atoms with Gasteiger partial charge in [0, 0.05) is 7.05 Å². The molecule has 2 aromatic heterocycles. The second kappa shape index (κ2) is 4.40. The van der Waals surface area contributed by atoms with Gasteiger partial charge in [0.15, 0.2) is 5.16 Å². The van der Waals surface area contributed by atoms with Gasteiger partial charge in [0.1, 0.15) is 0 Å². The van der Waals surface area contributed by atoms with E-state index in [1.54, 1.807) is 7.05 Å². The van der Waals surface area contributed by atoms with E-state index in [1.165, 1.54) is 4.57 Å². The molecule has 2 aromatic rings. The SMILES string of the molecule is Cn1c(Sc2nc(Cl)nc(Cl)n2)n[nH]c1=O. The molecule has 0 bridgehead atoms. The van der Waals surface area contributed by atoms with Crippen LogP contribution in [0, 0.1) is 0 Å². The Balaban J connectivity index is 2.34. The molecule has 0 saturated heterocycles. The van der Waals surface area contributed by atoms with E-state index >= 15 is 0 Å². The van der Waals surface area contributed by atoms with Gasteiger partial charge < -0.3 is 0 Å². The molecule has 10 heteroatoms. The molecule has 0 aromatic carbocycles. The molecule has 2 heterocycles. The van der Waals surface area contributed by atoms with Crippen LogP contribution in [0.15, 0.2) is 15.1 Å². The molecule has 1 N–H and O–H groups in total. The van der Waals surface area contributed by atoms with Gasteiger partial charge in [0.2, 0.25) is 15.7 Å². The number of nitrogens with one attached hydrogen (secondary N) is 1. The molecule has 0 atom stereocenters. The van der Waals surface area contributed by atoms with E-state index in [-0.39, 0.29) is 21.4 Å². The summed E-state index contributed by atoms with van der Waals surface area (Å²) in [5.41, 5.74) is -0.325. The summed E-state index contributed by atoms with van der Waals surface area (Å²) in [5, 5.41) is 6.71. The van der Waals surface area contributed by atoms with Crippen LogP contribution < -0.4 is 5.69 Å². The van der Waals surface area contributed by atoms with E-state index < -0.39 is 0 Å². The molecule has 0 aliphatic rings. The van der Waals surface area contributed by atoms with E-state index in [0.29, 0.717) is 5.16 Å². The van der Waals surface area contributed by atoms with Crippen LogP contribution in [0.3, 0.4) is 0 Å². The minimum Gasteiger partial charge on any atom is -0.273 e. The zero-order chi connectivity index (χ0) is 11.7. The fourth-order valence-electron chi connectivity index (χ4n) is 0.860. The maximum absolute atomic E-state index is 11.1. The number of rotatable bonds is 2. The highest BCUT2D eigenvalue weighted by molar-refractivity contribution is 7.99. The number of nitrogens with zero attached hydrogens (tertiary/aromatic N) is 5. The summed E-state index contributed by atoms with van der Waals surface area (Å²) in [4.78, 5) is 22.4. The summed E-state index contributed by atoms with van der Waals surface area (Å²) in [6.45, 7) is 0. The van der Waals surface area contributed by atoms with Crippen molar-refractivity contribution < 1.29 is 0 Å². The maximum atomic E-state index is 11.1. The van der Waals surface area contributed by atoms with Crippen LogP contribution in [0.1, 0.15) is 0 Å². The van der Waals surface area contributed by atoms with Gasteiger partial charge in [-0.3, -0.25) is 4.57 Å². The first-order valence-electron chi connectivity index (χ1n) is 3.92. The van der Waals surface area contributed by atoms with Gasteiger partial charge in [0.25, 0.3) is 0 Å². The van der Waals surface area contributed by atoms with E-state index in [0.717, 1.165) is 11.8 Å². The monoisotopic (exact) mass is 278 g/mol. The van der Waals surface area contributed by atoms with Crippen molar-refractivity contribution in [3.8, 4) is 0 Å². The van der Waals surface area contributed by atoms with Crippen molar-refractivity contribution in [2.45, 2.75) is 10.3 Å². The largest absolute Gasteiger partial charge is 0.343 e. The van der Waals surface area contributed by atoms with E-state index in [1.807, 2.05) is 0 Å². The van der Waals surface area contributed by atoms with Gasteiger partial charge in [-0.05, 0) is 35.0 Å². The van der Waals surface area contributed by atoms with Crippen LogP contribution in [0.25, 0.3) is 0 Å². The Kier molecular flexibility index (Phi) is 3.13. The van der Waals surface area contributed by atoms with Crippen LogP contribution in [-0.2, 0) is 7.05 Å². The molecule has 0 unspecified atom stereocenters. The maximum Gasteiger partial charge on any atom is 0.343 e. The fourth-order valence-corrected chi connectivity index (χ4v) is 2.06. The second-order valence-corrected chi connectivity index (χ2v) is 4.24. The molecule has 0 aliphatic heterocycles. The molecule has 0 aliphatic carbocycles. The number of hydrogen-bond donors (Lipinski definition) is 1. The lowest BCUT2D eigenvalue weighted by Gasteiger charge is -1.98. The van der Waals surface area contributed by atoms with Crippen molar-refractivity contribution in [2.75, 3.05) is 0 Å². The van der Waals surface area contributed by atoms with Gasteiger partial charge >= 0.3 is 5.69 Å². The van der Waals surface area contributed by atoms with Crippen molar-refractivity contribution in [1.82, 2.24) is 29.7 Å². The molecule has 0 radical (unpaired) electrons. The lowest BCUT2D eigenvalue weighted by Crippen LogP contribution is -2.12. The number of aromatic amines is 1. The number of halogens is 2. The molecule has 0 spiro atoms. The summed E-state index contributed by atoms with van der Waals surface area (Å²) in [7, 11) is 1.57. The predicted molar refractivity (Wildman–Crippen MR) is 57.8 cm³/mol. The Labute approximate surface area is 103 Å². The topological polar surface area (TPSA) is 89.3 Å². The molecule has 0 saturated carbocycles. The first-order valence-corrected chi connectivity index (χ1v) is 5.50. The van der Waals surface area contributed by atoms with E-state index in [4.69, 9.17) is 23.2 Å². The quantitative estimate of drug-likeness (QED) is 0.872. The van der Waals surface area contributed by atoms with Crippen LogP contribution in [-0.4, -0.2) is 29.7 Å². The lowest BCUT2D eigenvalue weighted by atomic mass is 11.0. The van der Waals surface area contributed by atoms with Crippen molar-refractivity contribution in [1.29, 1.82) is 0 Å². The summed E-state index contributed by atoms with van der Waals surface area (Å²) in [6, 6.07) is 0. The highest BCUT2D eigenvalue weighted by Gasteiger charge is 2.10. The third-order valence-corrected chi connectivity index (χ3v) is 2.83. The molecule has 84 valence electrons. The molecule has 2 rings (SSSR count). The van der Waals surface area contributed by atoms with E-state index in [2.05, 4.69) is 25.1 Å². The summed E-state index contributed by atoms with van der Waals surface area (Å²) < 4.78 is 1.32. The van der Waals surface area contributed by atoms with E-state index in [9.17, 15) is 4.79 Å². The zero-order valence-electron chi connectivity index (χ0n) is 7.81. The van der Waals surface area contributed by atoms with Gasteiger partial charge in [-0.25, -0.2) is 9.89 Å². The van der Waals surface area contributed by atoms with Crippen molar-refractivity contribution >= 4 is 35.0 Å². The van der Waals surface area contributed by atoms with Gasteiger partial charge in [-0.15, -0.1) is 5.10 Å². The van der Waals surface area contributed by atoms with Crippen LogP contribution in [0.2, 0.25) is 10.6 Å². The van der Waals surface area contributed by atoms with Gasteiger partial charge in [0.05, 0.1) is 0 Å². The summed E-state index contributed by atoms with van der Waals surface area (Å²) >= 11 is 12.3. The average Bonchev–Trinajstić information content (AvgIpc) is 2.48.